The van der Waals surface area contributed by atoms with E-state index in [0.29, 0.717) is 12.0 Å². The van der Waals surface area contributed by atoms with Gasteiger partial charge in [-0.2, -0.15) is 11.8 Å². The van der Waals surface area contributed by atoms with Gasteiger partial charge in [0.05, 0.1) is 0 Å². The smallest absolute Gasteiger partial charge is 0.191 e. The largest absolute Gasteiger partial charge is 0.356 e. The van der Waals surface area contributed by atoms with E-state index in [4.69, 9.17) is 0 Å². The lowest BCUT2D eigenvalue weighted by Crippen LogP contribution is -2.48. The summed E-state index contributed by atoms with van der Waals surface area (Å²) in [5.74, 6) is 2.74. The minimum absolute atomic E-state index is 0.573. The number of hydrogen-bond donors (Lipinski definition) is 2. The number of guanidine groups is 1. The average Bonchev–Trinajstić information content (AvgIpc) is 2.43. The summed E-state index contributed by atoms with van der Waals surface area (Å²) in [4.78, 5) is 6.82. The van der Waals surface area contributed by atoms with Crippen molar-refractivity contribution in [3.05, 3.63) is 0 Å². The predicted octanol–water partition coefficient (Wildman–Crippen LogP) is 2.27. The van der Waals surface area contributed by atoms with Crippen molar-refractivity contribution in [2.24, 2.45) is 10.9 Å². The molecule has 0 heterocycles. The van der Waals surface area contributed by atoms with E-state index in [1.54, 1.807) is 0 Å². The van der Waals surface area contributed by atoms with Crippen LogP contribution in [0.15, 0.2) is 4.99 Å². The highest BCUT2D eigenvalue weighted by Gasteiger charge is 2.17. The molecule has 4 nitrogen and oxygen atoms in total. The number of likely N-dealkylation sites (N-methyl/N-ethyl adjacent to an activating group) is 1. The molecule has 0 fully saturated rings. The van der Waals surface area contributed by atoms with Crippen molar-refractivity contribution in [3.8, 4) is 0 Å². The zero-order chi connectivity index (χ0) is 15.4. The van der Waals surface area contributed by atoms with Gasteiger partial charge in [0.1, 0.15) is 0 Å². The zero-order valence-electron chi connectivity index (χ0n) is 14.2. The summed E-state index contributed by atoms with van der Waals surface area (Å²) < 4.78 is 0. The van der Waals surface area contributed by atoms with Gasteiger partial charge in [-0.1, -0.05) is 27.7 Å². The molecule has 120 valence electrons. The third kappa shape index (κ3) is 8.69. The first kappa shape index (κ1) is 19.6. The van der Waals surface area contributed by atoms with E-state index in [1.807, 2.05) is 18.8 Å². The van der Waals surface area contributed by atoms with Gasteiger partial charge in [0.25, 0.3) is 0 Å². The monoisotopic (exact) mass is 302 g/mol. The van der Waals surface area contributed by atoms with Gasteiger partial charge in [0.2, 0.25) is 0 Å². The maximum atomic E-state index is 4.29. The highest BCUT2D eigenvalue weighted by Crippen LogP contribution is 2.10. The molecule has 0 saturated heterocycles. The van der Waals surface area contributed by atoms with E-state index in [9.17, 15) is 0 Å². The van der Waals surface area contributed by atoms with Crippen molar-refractivity contribution in [2.45, 2.75) is 40.2 Å². The van der Waals surface area contributed by atoms with Crippen LogP contribution in [0.2, 0.25) is 0 Å². The molecule has 0 aliphatic rings. The van der Waals surface area contributed by atoms with Gasteiger partial charge in [0, 0.05) is 31.9 Å². The molecule has 0 radical (unpaired) electrons. The first-order valence-corrected chi connectivity index (χ1v) is 9.15. The van der Waals surface area contributed by atoms with Gasteiger partial charge in [0.15, 0.2) is 5.96 Å². The quantitative estimate of drug-likeness (QED) is 0.369. The Morgan fingerprint density at radius 1 is 1.20 bits per heavy atom. The summed E-state index contributed by atoms with van der Waals surface area (Å²) in [6.45, 7) is 13.2. The number of aliphatic imine (C=N–C) groups is 1. The highest BCUT2D eigenvalue weighted by atomic mass is 32.2. The van der Waals surface area contributed by atoms with Gasteiger partial charge < -0.3 is 10.6 Å². The zero-order valence-corrected chi connectivity index (χ0v) is 15.0. The van der Waals surface area contributed by atoms with Crippen LogP contribution in [0.5, 0.6) is 0 Å². The summed E-state index contributed by atoms with van der Waals surface area (Å²) in [6.07, 6.45) is 3.34. The van der Waals surface area contributed by atoms with Crippen molar-refractivity contribution in [3.63, 3.8) is 0 Å². The molecule has 0 spiro atoms. The number of thioether (sulfide) groups is 1. The minimum atomic E-state index is 0.573. The van der Waals surface area contributed by atoms with Gasteiger partial charge in [-0.15, -0.1) is 0 Å². The van der Waals surface area contributed by atoms with E-state index < -0.39 is 0 Å². The molecule has 5 heteroatoms. The third-order valence-electron chi connectivity index (χ3n) is 3.40. The summed E-state index contributed by atoms with van der Waals surface area (Å²) >= 11 is 1.85. The van der Waals surface area contributed by atoms with Crippen LogP contribution in [0, 0.1) is 5.92 Å². The maximum absolute atomic E-state index is 4.29. The molecule has 2 N–H and O–H groups in total. The molecule has 0 saturated carbocycles. The third-order valence-corrected chi connectivity index (χ3v) is 4.01. The Morgan fingerprint density at radius 2 is 1.85 bits per heavy atom. The Kier molecular flexibility index (Phi) is 12.1. The molecular weight excluding hydrogens is 268 g/mol. The fourth-order valence-electron chi connectivity index (χ4n) is 2.35. The van der Waals surface area contributed by atoms with Gasteiger partial charge in [-0.25, -0.2) is 0 Å². The summed E-state index contributed by atoms with van der Waals surface area (Å²) in [7, 11) is 1.84. The van der Waals surface area contributed by atoms with Crippen LogP contribution in [-0.2, 0) is 0 Å². The van der Waals surface area contributed by atoms with Crippen LogP contribution >= 0.6 is 11.8 Å². The molecule has 0 aromatic rings. The van der Waals surface area contributed by atoms with E-state index in [2.05, 4.69) is 54.5 Å². The van der Waals surface area contributed by atoms with E-state index in [0.717, 1.165) is 37.9 Å². The fraction of sp³-hybridized carbons (Fsp3) is 0.933. The fourth-order valence-corrected chi connectivity index (χ4v) is 2.66. The molecule has 0 amide bonds. The molecule has 0 aliphatic heterocycles. The highest BCUT2D eigenvalue weighted by molar-refractivity contribution is 7.98. The van der Waals surface area contributed by atoms with Crippen LogP contribution in [0.1, 0.15) is 34.1 Å². The summed E-state index contributed by atoms with van der Waals surface area (Å²) in [5, 5.41) is 6.82. The number of hydrogen-bond acceptors (Lipinski definition) is 3. The van der Waals surface area contributed by atoms with E-state index in [-0.39, 0.29) is 0 Å². The van der Waals surface area contributed by atoms with Crippen molar-refractivity contribution in [2.75, 3.05) is 45.2 Å². The van der Waals surface area contributed by atoms with Gasteiger partial charge >= 0.3 is 0 Å². The minimum Gasteiger partial charge on any atom is -0.356 e. The van der Waals surface area contributed by atoms with Crippen molar-refractivity contribution in [1.82, 2.24) is 15.5 Å². The molecule has 0 rings (SSSR count). The number of nitrogens with one attached hydrogen (secondary N) is 2. The Morgan fingerprint density at radius 3 is 2.30 bits per heavy atom. The molecule has 0 aromatic carbocycles. The predicted molar refractivity (Wildman–Crippen MR) is 93.9 cm³/mol. The maximum Gasteiger partial charge on any atom is 0.191 e. The topological polar surface area (TPSA) is 39.7 Å². The van der Waals surface area contributed by atoms with Gasteiger partial charge in [-0.05, 0) is 31.7 Å². The second-order valence-corrected chi connectivity index (χ2v) is 6.36. The summed E-state index contributed by atoms with van der Waals surface area (Å²) in [5.41, 5.74) is 0. The van der Waals surface area contributed by atoms with E-state index >= 15 is 0 Å². The molecule has 0 bridgehead atoms. The van der Waals surface area contributed by atoms with Crippen molar-refractivity contribution >= 4 is 17.7 Å². The van der Waals surface area contributed by atoms with Gasteiger partial charge in [-0.3, -0.25) is 9.89 Å². The molecular formula is C15H34N4S. The molecule has 1 unspecified atom stereocenters. The Bertz CT molecular complexity index is 252. The lowest BCUT2D eigenvalue weighted by atomic mass is 10.0. The van der Waals surface area contributed by atoms with Crippen molar-refractivity contribution in [1.29, 1.82) is 0 Å². The lowest BCUT2D eigenvalue weighted by molar-refractivity contribution is 0.191. The number of rotatable bonds is 10. The lowest BCUT2D eigenvalue weighted by Gasteiger charge is -2.31. The van der Waals surface area contributed by atoms with Crippen LogP contribution in [0.25, 0.3) is 0 Å². The second kappa shape index (κ2) is 12.3. The Labute approximate surface area is 130 Å². The average molecular weight is 303 g/mol. The Hall–Kier alpha value is -0.420. The summed E-state index contributed by atoms with van der Waals surface area (Å²) in [6, 6.07) is 0.573. The van der Waals surface area contributed by atoms with Crippen molar-refractivity contribution < 1.29 is 0 Å². The van der Waals surface area contributed by atoms with Crippen LogP contribution in [0.3, 0.4) is 0 Å². The molecule has 0 aliphatic carbocycles. The van der Waals surface area contributed by atoms with Crippen LogP contribution < -0.4 is 10.6 Å². The van der Waals surface area contributed by atoms with E-state index in [1.165, 1.54) is 6.42 Å². The number of nitrogens with zero attached hydrogens (tertiary/aromatic N) is 2. The first-order chi connectivity index (χ1) is 9.58. The van der Waals surface area contributed by atoms with Crippen LogP contribution in [-0.4, -0.2) is 62.1 Å². The molecule has 0 aromatic heterocycles. The normalized spacial score (nSPS) is 13.9. The molecule has 20 heavy (non-hydrogen) atoms. The SMILES string of the molecule is CCN(CC)C(CNC(=NC)NCCSC)CC(C)C. The first-order valence-electron chi connectivity index (χ1n) is 7.76. The van der Waals surface area contributed by atoms with Crippen LogP contribution in [0.4, 0.5) is 0 Å². The molecule has 1 atom stereocenters. The standard InChI is InChI=1S/C15H34N4S/c1-7-19(8-2)14(11-13(3)4)12-18-15(16-5)17-9-10-20-6/h13-14H,7-12H2,1-6H3,(H2,16,17,18). The Balaban J connectivity index is 4.34. The second-order valence-electron chi connectivity index (χ2n) is 5.38.